The largest absolute Gasteiger partial charge is 0.466 e. The molecule has 0 spiro atoms. The van der Waals surface area contributed by atoms with Gasteiger partial charge >= 0.3 is 5.97 Å². The van der Waals surface area contributed by atoms with Crippen LogP contribution >= 0.6 is 24.0 Å². The average Bonchev–Trinajstić information content (AvgIpc) is 3.36. The quantitative estimate of drug-likeness (QED) is 0.196. The van der Waals surface area contributed by atoms with Gasteiger partial charge in [-0.1, -0.05) is 0 Å². The molecular weight excluding hydrogens is 433 g/mol. The summed E-state index contributed by atoms with van der Waals surface area (Å²) in [7, 11) is 1.82. The van der Waals surface area contributed by atoms with Gasteiger partial charge in [-0.15, -0.1) is 24.0 Å². The summed E-state index contributed by atoms with van der Waals surface area (Å²) in [5, 5.41) is 3.53. The number of aliphatic imine (C=N–C) groups is 1. The van der Waals surface area contributed by atoms with E-state index in [1.807, 2.05) is 20.9 Å². The molecule has 1 atom stereocenters. The molecule has 1 N–H and O–H groups in total. The van der Waals surface area contributed by atoms with Crippen LogP contribution in [0.4, 0.5) is 0 Å². The fourth-order valence-corrected chi connectivity index (χ4v) is 3.35. The summed E-state index contributed by atoms with van der Waals surface area (Å²) in [6.07, 6.45) is 5.53. The highest BCUT2D eigenvalue weighted by Crippen LogP contribution is 2.48. The number of hydrogen-bond donors (Lipinski definition) is 1. The molecule has 1 heterocycles. The van der Waals surface area contributed by atoms with Crippen molar-refractivity contribution in [2.75, 3.05) is 46.5 Å². The molecule has 6 nitrogen and oxygen atoms in total. The Balaban J connectivity index is 0.00000312. The fourth-order valence-electron chi connectivity index (χ4n) is 3.35. The number of rotatable bonds is 8. The lowest BCUT2D eigenvalue weighted by molar-refractivity contribution is -0.149. The van der Waals surface area contributed by atoms with Crippen LogP contribution in [0.3, 0.4) is 0 Å². The van der Waals surface area contributed by atoms with Crippen LogP contribution in [-0.4, -0.2) is 63.3 Å². The van der Waals surface area contributed by atoms with E-state index in [9.17, 15) is 4.79 Å². The Morgan fingerprint density at radius 2 is 2.08 bits per heavy atom. The molecular formula is C18H34IN3O3. The predicted molar refractivity (Wildman–Crippen MR) is 110 cm³/mol. The molecule has 0 aromatic carbocycles. The standard InChI is InChI=1S/C18H33N3O3.HI/c1-4-23-12-10-18(8-9-18)14-20-17(19-3)21-11-6-7-15(13-21)16(22)24-5-2;/h15H,4-14H2,1-3H3,(H,19,20);1H. The molecule has 146 valence electrons. The van der Waals surface area contributed by atoms with E-state index in [1.54, 1.807) is 0 Å². The number of nitrogens with zero attached hydrogens (tertiary/aromatic N) is 2. The zero-order valence-electron chi connectivity index (χ0n) is 15.9. The summed E-state index contributed by atoms with van der Waals surface area (Å²) in [4.78, 5) is 18.6. The van der Waals surface area contributed by atoms with Crippen molar-refractivity contribution in [2.45, 2.75) is 46.0 Å². The van der Waals surface area contributed by atoms with E-state index in [0.29, 0.717) is 18.6 Å². The van der Waals surface area contributed by atoms with Gasteiger partial charge in [-0.3, -0.25) is 9.79 Å². The topological polar surface area (TPSA) is 63.2 Å². The highest BCUT2D eigenvalue weighted by molar-refractivity contribution is 14.0. The van der Waals surface area contributed by atoms with Gasteiger partial charge in [0.1, 0.15) is 0 Å². The number of esters is 1. The van der Waals surface area contributed by atoms with Gasteiger partial charge in [-0.25, -0.2) is 0 Å². The van der Waals surface area contributed by atoms with Crippen LogP contribution in [0.15, 0.2) is 4.99 Å². The van der Waals surface area contributed by atoms with Gasteiger partial charge in [-0.2, -0.15) is 0 Å². The van der Waals surface area contributed by atoms with Crippen molar-refractivity contribution >= 4 is 35.9 Å². The minimum Gasteiger partial charge on any atom is -0.466 e. The molecule has 1 saturated carbocycles. The maximum absolute atomic E-state index is 12.0. The number of carbonyl (C=O) groups excluding carboxylic acids is 1. The normalized spacial score (nSPS) is 22.1. The summed E-state index contributed by atoms with van der Waals surface area (Å²) in [6, 6.07) is 0. The van der Waals surface area contributed by atoms with Crippen LogP contribution in [0, 0.1) is 11.3 Å². The maximum Gasteiger partial charge on any atom is 0.310 e. The molecule has 0 bridgehead atoms. The third-order valence-electron chi connectivity index (χ3n) is 5.11. The van der Waals surface area contributed by atoms with E-state index in [0.717, 1.165) is 51.5 Å². The third kappa shape index (κ3) is 6.92. The van der Waals surface area contributed by atoms with Gasteiger partial charge < -0.3 is 19.7 Å². The van der Waals surface area contributed by atoms with Gasteiger partial charge in [0.05, 0.1) is 12.5 Å². The van der Waals surface area contributed by atoms with Crippen LogP contribution in [0.1, 0.15) is 46.0 Å². The first kappa shape index (κ1) is 22.5. The molecule has 2 aliphatic rings. The van der Waals surface area contributed by atoms with E-state index in [2.05, 4.69) is 15.2 Å². The minimum absolute atomic E-state index is 0. The molecule has 25 heavy (non-hydrogen) atoms. The molecule has 1 aliphatic carbocycles. The second-order valence-electron chi connectivity index (χ2n) is 6.88. The van der Waals surface area contributed by atoms with Crippen LogP contribution in [0.2, 0.25) is 0 Å². The Morgan fingerprint density at radius 3 is 2.68 bits per heavy atom. The van der Waals surface area contributed by atoms with E-state index < -0.39 is 0 Å². The smallest absolute Gasteiger partial charge is 0.310 e. The van der Waals surface area contributed by atoms with Crippen molar-refractivity contribution in [3.05, 3.63) is 0 Å². The Morgan fingerprint density at radius 1 is 1.32 bits per heavy atom. The van der Waals surface area contributed by atoms with Crippen molar-refractivity contribution in [3.63, 3.8) is 0 Å². The minimum atomic E-state index is -0.0759. The second-order valence-corrected chi connectivity index (χ2v) is 6.88. The second kappa shape index (κ2) is 11.2. The highest BCUT2D eigenvalue weighted by atomic mass is 127. The van der Waals surface area contributed by atoms with Gasteiger partial charge in [-0.05, 0) is 51.4 Å². The summed E-state index contributed by atoms with van der Waals surface area (Å²) in [5.74, 6) is 0.796. The van der Waals surface area contributed by atoms with Crippen LogP contribution in [0.25, 0.3) is 0 Å². The lowest BCUT2D eigenvalue weighted by Gasteiger charge is -2.34. The SMILES string of the molecule is CCOCCC1(CNC(=NC)N2CCCC(C(=O)OCC)C2)CC1.I. The summed E-state index contributed by atoms with van der Waals surface area (Å²) < 4.78 is 10.7. The molecule has 1 aliphatic heterocycles. The molecule has 0 aromatic heterocycles. The van der Waals surface area contributed by atoms with Crippen molar-refractivity contribution in [1.29, 1.82) is 0 Å². The number of piperidine rings is 1. The van der Waals surface area contributed by atoms with Gasteiger partial charge in [0.2, 0.25) is 0 Å². The number of halogens is 1. The average molecular weight is 467 g/mol. The lowest BCUT2D eigenvalue weighted by atomic mass is 9.98. The van der Waals surface area contributed by atoms with E-state index in [1.165, 1.54) is 12.8 Å². The van der Waals surface area contributed by atoms with E-state index >= 15 is 0 Å². The molecule has 2 fully saturated rings. The predicted octanol–water partition coefficient (Wildman–Crippen LogP) is 2.66. The summed E-state index contributed by atoms with van der Waals surface area (Å²) in [5.41, 5.74) is 0.376. The number of ether oxygens (including phenoxy) is 2. The zero-order valence-corrected chi connectivity index (χ0v) is 18.2. The number of nitrogens with one attached hydrogen (secondary N) is 1. The van der Waals surface area contributed by atoms with Crippen LogP contribution in [0.5, 0.6) is 0 Å². The first-order valence-corrected chi connectivity index (χ1v) is 9.34. The summed E-state index contributed by atoms with van der Waals surface area (Å²) in [6.45, 7) is 8.55. The van der Waals surface area contributed by atoms with Gasteiger partial charge in [0, 0.05) is 39.9 Å². The Hall–Kier alpha value is -0.570. The first-order valence-electron chi connectivity index (χ1n) is 9.34. The summed E-state index contributed by atoms with van der Waals surface area (Å²) >= 11 is 0. The molecule has 2 rings (SSSR count). The van der Waals surface area contributed by atoms with Crippen molar-refractivity contribution in [2.24, 2.45) is 16.3 Å². The van der Waals surface area contributed by atoms with Crippen LogP contribution < -0.4 is 5.32 Å². The monoisotopic (exact) mass is 467 g/mol. The van der Waals surface area contributed by atoms with Crippen molar-refractivity contribution < 1.29 is 14.3 Å². The van der Waals surface area contributed by atoms with Crippen molar-refractivity contribution in [3.8, 4) is 0 Å². The zero-order chi connectivity index (χ0) is 17.4. The van der Waals surface area contributed by atoms with E-state index in [4.69, 9.17) is 9.47 Å². The Labute approximate surface area is 169 Å². The van der Waals surface area contributed by atoms with Gasteiger partial charge in [0.25, 0.3) is 0 Å². The third-order valence-corrected chi connectivity index (χ3v) is 5.11. The molecule has 0 amide bonds. The first-order chi connectivity index (χ1) is 11.6. The molecule has 0 radical (unpaired) electrons. The Bertz CT molecular complexity index is 441. The fraction of sp³-hybridized carbons (Fsp3) is 0.889. The number of likely N-dealkylation sites (tertiary alicyclic amines) is 1. The van der Waals surface area contributed by atoms with Crippen LogP contribution in [-0.2, 0) is 14.3 Å². The molecule has 7 heteroatoms. The maximum atomic E-state index is 12.0. The highest BCUT2D eigenvalue weighted by Gasteiger charge is 2.42. The number of hydrogen-bond acceptors (Lipinski definition) is 4. The molecule has 1 unspecified atom stereocenters. The molecule has 0 aromatic rings. The van der Waals surface area contributed by atoms with Crippen molar-refractivity contribution in [1.82, 2.24) is 10.2 Å². The molecule has 1 saturated heterocycles. The number of guanidine groups is 1. The lowest BCUT2D eigenvalue weighted by Crippen LogP contribution is -2.49. The number of carbonyl (C=O) groups is 1. The van der Waals surface area contributed by atoms with E-state index in [-0.39, 0.29) is 35.9 Å². The Kier molecular flexibility index (Phi) is 10.1. The van der Waals surface area contributed by atoms with Gasteiger partial charge in [0.15, 0.2) is 5.96 Å².